The summed E-state index contributed by atoms with van der Waals surface area (Å²) in [5.41, 5.74) is 3.61. The van der Waals surface area contributed by atoms with E-state index in [-0.39, 0.29) is 24.5 Å². The highest BCUT2D eigenvalue weighted by Crippen LogP contribution is 2.35. The average Bonchev–Trinajstić information content (AvgIpc) is 3.42. The fraction of sp³-hybridized carbons (Fsp3) is 0.414. The molecule has 39 heavy (non-hydrogen) atoms. The second-order valence-electron chi connectivity index (χ2n) is 9.22. The smallest absolute Gasteiger partial charge is 0.329 e. The van der Waals surface area contributed by atoms with Gasteiger partial charge in [0.1, 0.15) is 12.9 Å². The van der Waals surface area contributed by atoms with Crippen molar-refractivity contribution >= 4 is 46.8 Å². The number of aliphatic carboxylic acids is 1. The fourth-order valence-electron chi connectivity index (χ4n) is 4.26. The van der Waals surface area contributed by atoms with Crippen LogP contribution in [0.2, 0.25) is 15.1 Å². The maximum atomic E-state index is 12.3. The van der Waals surface area contributed by atoms with Gasteiger partial charge in [0.2, 0.25) is 0 Å². The van der Waals surface area contributed by atoms with Crippen LogP contribution in [0.4, 0.5) is 4.79 Å². The predicted molar refractivity (Wildman–Crippen MR) is 158 cm³/mol. The van der Waals surface area contributed by atoms with Gasteiger partial charge in [0.05, 0.1) is 22.5 Å². The van der Waals surface area contributed by atoms with Crippen LogP contribution >= 0.6 is 34.8 Å². The average molecular weight is 597 g/mol. The standard InChI is InChI=1S/C15H16Cl3N3O2.C14H20O2/c1-2-4-20(15(22)21-5-3-19-10-21)6-7-23-14-12(17)8-11(16)9-13(14)18;1-5-12(14(15)16)11(4)13-8-6-7-9(2)10(13)3/h3,5,8-10H,2,4,6-7H2,1H3;6-8,11-12H,5H2,1-4H3,(H,15,16). The summed E-state index contributed by atoms with van der Waals surface area (Å²) in [6.07, 6.45) is 6.15. The second kappa shape index (κ2) is 15.8. The fourth-order valence-corrected chi connectivity index (χ4v) is 5.19. The lowest BCUT2D eigenvalue weighted by Crippen LogP contribution is -2.37. The number of carboxylic acid groups (broad SMARTS) is 1. The van der Waals surface area contributed by atoms with Gasteiger partial charge < -0.3 is 14.7 Å². The normalized spacial score (nSPS) is 12.2. The van der Waals surface area contributed by atoms with Gasteiger partial charge in [-0.15, -0.1) is 0 Å². The summed E-state index contributed by atoms with van der Waals surface area (Å²) < 4.78 is 7.05. The van der Waals surface area contributed by atoms with Gasteiger partial charge in [0, 0.05) is 24.0 Å². The van der Waals surface area contributed by atoms with Crippen molar-refractivity contribution in [2.45, 2.75) is 53.4 Å². The molecule has 0 aliphatic carbocycles. The van der Waals surface area contributed by atoms with E-state index in [9.17, 15) is 9.59 Å². The van der Waals surface area contributed by atoms with Crippen molar-refractivity contribution in [3.05, 3.63) is 80.8 Å². The minimum Gasteiger partial charge on any atom is -0.489 e. The van der Waals surface area contributed by atoms with Crippen molar-refractivity contribution in [3.63, 3.8) is 0 Å². The highest BCUT2D eigenvalue weighted by molar-refractivity contribution is 6.40. The molecule has 3 rings (SSSR count). The number of hydrogen-bond acceptors (Lipinski definition) is 4. The van der Waals surface area contributed by atoms with Crippen LogP contribution in [0.25, 0.3) is 0 Å². The number of aryl methyl sites for hydroxylation is 1. The Morgan fingerprint density at radius 1 is 1.10 bits per heavy atom. The summed E-state index contributed by atoms with van der Waals surface area (Å²) in [5.74, 6) is -0.553. The molecule has 2 atom stereocenters. The largest absolute Gasteiger partial charge is 0.489 e. The van der Waals surface area contributed by atoms with Crippen molar-refractivity contribution < 1.29 is 19.4 Å². The number of imidazole rings is 1. The zero-order chi connectivity index (χ0) is 29.1. The first-order chi connectivity index (χ1) is 18.5. The van der Waals surface area contributed by atoms with E-state index in [0.717, 1.165) is 12.0 Å². The van der Waals surface area contributed by atoms with Crippen molar-refractivity contribution in [2.75, 3.05) is 19.7 Å². The molecule has 2 unspecified atom stereocenters. The molecule has 3 aromatic rings. The van der Waals surface area contributed by atoms with Gasteiger partial charge >= 0.3 is 12.0 Å². The summed E-state index contributed by atoms with van der Waals surface area (Å²) in [6.45, 7) is 11.3. The molecule has 0 saturated carbocycles. The van der Waals surface area contributed by atoms with E-state index in [1.54, 1.807) is 29.4 Å². The lowest BCUT2D eigenvalue weighted by molar-refractivity contribution is -0.142. The highest BCUT2D eigenvalue weighted by atomic mass is 35.5. The van der Waals surface area contributed by atoms with E-state index in [1.165, 1.54) is 22.0 Å². The lowest BCUT2D eigenvalue weighted by atomic mass is 9.83. The molecule has 2 aromatic carbocycles. The van der Waals surface area contributed by atoms with Gasteiger partial charge in [-0.1, -0.05) is 73.8 Å². The molecule has 0 saturated heterocycles. The van der Waals surface area contributed by atoms with Gasteiger partial charge in [-0.25, -0.2) is 9.78 Å². The van der Waals surface area contributed by atoms with Crippen LogP contribution in [0, 0.1) is 19.8 Å². The first kappa shape index (κ1) is 32.5. The Morgan fingerprint density at radius 3 is 2.31 bits per heavy atom. The molecule has 0 fully saturated rings. The molecule has 7 nitrogen and oxygen atoms in total. The summed E-state index contributed by atoms with van der Waals surface area (Å²) in [4.78, 5) is 29.0. The Balaban J connectivity index is 0.000000293. The Labute approximate surface area is 245 Å². The van der Waals surface area contributed by atoms with Crippen LogP contribution in [0.1, 0.15) is 56.2 Å². The number of benzene rings is 2. The number of amides is 1. The first-order valence-electron chi connectivity index (χ1n) is 12.8. The van der Waals surface area contributed by atoms with E-state index < -0.39 is 5.97 Å². The van der Waals surface area contributed by atoms with Crippen molar-refractivity contribution in [2.24, 2.45) is 5.92 Å². The summed E-state index contributed by atoms with van der Waals surface area (Å²) in [6, 6.07) is 9.07. The Hall–Kier alpha value is -2.74. The summed E-state index contributed by atoms with van der Waals surface area (Å²) in [5, 5.41) is 10.3. The summed E-state index contributed by atoms with van der Waals surface area (Å²) >= 11 is 18.0. The van der Waals surface area contributed by atoms with Crippen molar-refractivity contribution in [3.8, 4) is 5.75 Å². The maximum absolute atomic E-state index is 12.3. The number of carboxylic acids is 1. The SMILES string of the molecule is CCC(C(=O)O)C(C)c1cccc(C)c1C.CCCN(CCOc1c(Cl)cc(Cl)cc1Cl)C(=O)n1ccnc1. The topological polar surface area (TPSA) is 84.7 Å². The van der Waals surface area contributed by atoms with E-state index in [4.69, 9.17) is 44.6 Å². The molecule has 1 heterocycles. The number of rotatable bonds is 10. The van der Waals surface area contributed by atoms with Gasteiger partial charge in [-0.3, -0.25) is 9.36 Å². The molecule has 0 aliphatic heterocycles. The molecule has 1 aromatic heterocycles. The Morgan fingerprint density at radius 2 is 1.77 bits per heavy atom. The minimum atomic E-state index is -0.698. The molecule has 0 spiro atoms. The van der Waals surface area contributed by atoms with Crippen LogP contribution in [0.5, 0.6) is 5.75 Å². The van der Waals surface area contributed by atoms with Crippen LogP contribution < -0.4 is 4.74 Å². The number of carbonyl (C=O) groups excluding carboxylic acids is 1. The molecular weight excluding hydrogens is 561 g/mol. The molecule has 0 bridgehead atoms. The molecule has 0 aliphatic rings. The number of nitrogens with zero attached hydrogens (tertiary/aromatic N) is 3. The molecule has 0 radical (unpaired) electrons. The zero-order valence-corrected chi connectivity index (χ0v) is 25.2. The van der Waals surface area contributed by atoms with Crippen LogP contribution in [-0.2, 0) is 4.79 Å². The van der Waals surface area contributed by atoms with Gasteiger partial charge in [0.15, 0.2) is 5.75 Å². The van der Waals surface area contributed by atoms with Crippen molar-refractivity contribution in [1.82, 2.24) is 14.5 Å². The molecular formula is C29H36Cl3N3O4. The van der Waals surface area contributed by atoms with Gasteiger partial charge in [0.25, 0.3) is 0 Å². The van der Waals surface area contributed by atoms with E-state index in [1.807, 2.05) is 32.9 Å². The Kier molecular flexibility index (Phi) is 13.1. The van der Waals surface area contributed by atoms with E-state index in [2.05, 4.69) is 24.9 Å². The lowest BCUT2D eigenvalue weighted by Gasteiger charge is -2.22. The van der Waals surface area contributed by atoms with Crippen LogP contribution in [0.3, 0.4) is 0 Å². The molecule has 1 N–H and O–H groups in total. The second-order valence-corrected chi connectivity index (χ2v) is 10.5. The first-order valence-corrected chi connectivity index (χ1v) is 14.0. The van der Waals surface area contributed by atoms with Gasteiger partial charge in [-0.2, -0.15) is 0 Å². The van der Waals surface area contributed by atoms with E-state index in [0.29, 0.717) is 40.3 Å². The Bertz CT molecular complexity index is 1210. The third-order valence-corrected chi connectivity index (χ3v) is 7.34. The maximum Gasteiger partial charge on any atom is 0.329 e. The number of ether oxygens (including phenoxy) is 1. The summed E-state index contributed by atoms with van der Waals surface area (Å²) in [7, 11) is 0. The molecule has 10 heteroatoms. The number of halogens is 3. The van der Waals surface area contributed by atoms with Gasteiger partial charge in [-0.05, 0) is 61.4 Å². The third kappa shape index (κ3) is 9.16. The highest BCUT2D eigenvalue weighted by Gasteiger charge is 2.25. The minimum absolute atomic E-state index is 0.0717. The molecule has 1 amide bonds. The number of aromatic nitrogens is 2. The van der Waals surface area contributed by atoms with Crippen LogP contribution in [0.15, 0.2) is 49.1 Å². The third-order valence-electron chi connectivity index (χ3n) is 6.56. The van der Waals surface area contributed by atoms with E-state index >= 15 is 0 Å². The quantitative estimate of drug-likeness (QED) is 0.255. The van der Waals surface area contributed by atoms with Crippen LogP contribution in [-0.4, -0.2) is 51.3 Å². The number of hydrogen-bond donors (Lipinski definition) is 1. The van der Waals surface area contributed by atoms with Crippen molar-refractivity contribution in [1.29, 1.82) is 0 Å². The monoisotopic (exact) mass is 595 g/mol. The number of carbonyl (C=O) groups is 2. The molecule has 212 valence electrons. The predicted octanol–water partition coefficient (Wildman–Crippen LogP) is 8.12. The zero-order valence-electron chi connectivity index (χ0n) is 23.0.